The van der Waals surface area contributed by atoms with Gasteiger partial charge in [0.25, 0.3) is 5.91 Å². The molecule has 0 N–H and O–H groups in total. The molecule has 2 heterocycles. The SMILES string of the molecule is CC(c1ccncn1)N(C)C(=O)c1cccc2cnccc12. The van der Waals surface area contributed by atoms with Gasteiger partial charge in [0, 0.05) is 36.6 Å². The van der Waals surface area contributed by atoms with Gasteiger partial charge in [-0.05, 0) is 30.5 Å². The normalized spacial score (nSPS) is 12.1. The van der Waals surface area contributed by atoms with Gasteiger partial charge in [-0.25, -0.2) is 9.97 Å². The molecule has 5 nitrogen and oxygen atoms in total. The number of hydrogen-bond acceptors (Lipinski definition) is 4. The highest BCUT2D eigenvalue weighted by Crippen LogP contribution is 2.23. The Hall–Kier alpha value is -2.82. The van der Waals surface area contributed by atoms with Crippen LogP contribution >= 0.6 is 0 Å². The van der Waals surface area contributed by atoms with Gasteiger partial charge in [0.15, 0.2) is 0 Å². The molecule has 3 aromatic rings. The second-order valence-corrected chi connectivity index (χ2v) is 5.13. The van der Waals surface area contributed by atoms with E-state index in [9.17, 15) is 4.79 Å². The van der Waals surface area contributed by atoms with Gasteiger partial charge in [-0.2, -0.15) is 0 Å². The third-order valence-corrected chi connectivity index (χ3v) is 3.85. The van der Waals surface area contributed by atoms with E-state index in [0.29, 0.717) is 5.56 Å². The summed E-state index contributed by atoms with van der Waals surface area (Å²) in [4.78, 5) is 26.8. The number of rotatable bonds is 3. The molecular weight excluding hydrogens is 276 g/mol. The lowest BCUT2D eigenvalue weighted by atomic mass is 10.0. The maximum absolute atomic E-state index is 12.8. The first-order valence-corrected chi connectivity index (χ1v) is 7.04. The molecule has 1 aromatic carbocycles. The molecule has 110 valence electrons. The monoisotopic (exact) mass is 292 g/mol. The Morgan fingerprint density at radius 2 is 1.95 bits per heavy atom. The molecule has 1 atom stereocenters. The first-order valence-electron chi connectivity index (χ1n) is 7.04. The summed E-state index contributed by atoms with van der Waals surface area (Å²) in [6.07, 6.45) is 6.64. The fraction of sp³-hybridized carbons (Fsp3) is 0.176. The van der Waals surface area contributed by atoms with E-state index in [4.69, 9.17) is 0 Å². The molecule has 22 heavy (non-hydrogen) atoms. The van der Waals surface area contributed by atoms with Crippen LogP contribution in [0.15, 0.2) is 55.2 Å². The molecule has 0 aliphatic heterocycles. The van der Waals surface area contributed by atoms with Crippen LogP contribution in [-0.2, 0) is 0 Å². The molecule has 0 radical (unpaired) electrons. The zero-order valence-corrected chi connectivity index (χ0v) is 12.5. The van der Waals surface area contributed by atoms with Crippen molar-refractivity contribution in [3.8, 4) is 0 Å². The predicted molar refractivity (Wildman–Crippen MR) is 84.3 cm³/mol. The molecule has 3 rings (SSSR count). The third kappa shape index (κ3) is 2.53. The van der Waals surface area contributed by atoms with E-state index in [0.717, 1.165) is 16.5 Å². The lowest BCUT2D eigenvalue weighted by Gasteiger charge is -2.25. The van der Waals surface area contributed by atoms with Crippen molar-refractivity contribution < 1.29 is 4.79 Å². The molecule has 0 aliphatic carbocycles. The van der Waals surface area contributed by atoms with Gasteiger partial charge in [0.1, 0.15) is 6.33 Å². The van der Waals surface area contributed by atoms with E-state index in [-0.39, 0.29) is 11.9 Å². The number of carbonyl (C=O) groups excluding carboxylic acids is 1. The van der Waals surface area contributed by atoms with Crippen molar-refractivity contribution in [2.75, 3.05) is 7.05 Å². The molecular formula is C17H16N4O. The van der Waals surface area contributed by atoms with Crippen molar-refractivity contribution in [1.29, 1.82) is 0 Å². The summed E-state index contributed by atoms with van der Waals surface area (Å²) < 4.78 is 0. The minimum absolute atomic E-state index is 0.0390. The molecule has 0 spiro atoms. The Kier molecular flexibility index (Phi) is 3.78. The lowest BCUT2D eigenvalue weighted by molar-refractivity contribution is 0.0741. The van der Waals surface area contributed by atoms with E-state index in [1.807, 2.05) is 37.3 Å². The van der Waals surface area contributed by atoms with Crippen molar-refractivity contribution in [3.05, 3.63) is 66.5 Å². The van der Waals surface area contributed by atoms with Crippen molar-refractivity contribution >= 4 is 16.7 Å². The van der Waals surface area contributed by atoms with E-state index >= 15 is 0 Å². The van der Waals surface area contributed by atoms with E-state index in [2.05, 4.69) is 15.0 Å². The summed E-state index contributed by atoms with van der Waals surface area (Å²) >= 11 is 0. The highest BCUT2D eigenvalue weighted by molar-refractivity contribution is 6.06. The number of hydrogen-bond donors (Lipinski definition) is 0. The van der Waals surface area contributed by atoms with Crippen molar-refractivity contribution in [1.82, 2.24) is 19.9 Å². The largest absolute Gasteiger partial charge is 0.333 e. The number of aromatic nitrogens is 3. The summed E-state index contributed by atoms with van der Waals surface area (Å²) in [5.74, 6) is -0.0390. The van der Waals surface area contributed by atoms with Crippen LogP contribution in [0.2, 0.25) is 0 Å². The van der Waals surface area contributed by atoms with E-state index in [1.165, 1.54) is 6.33 Å². The van der Waals surface area contributed by atoms with Gasteiger partial charge in [-0.3, -0.25) is 9.78 Å². The van der Waals surface area contributed by atoms with Gasteiger partial charge >= 0.3 is 0 Å². The third-order valence-electron chi connectivity index (χ3n) is 3.85. The fourth-order valence-electron chi connectivity index (χ4n) is 2.42. The van der Waals surface area contributed by atoms with Gasteiger partial charge in [-0.1, -0.05) is 12.1 Å². The van der Waals surface area contributed by atoms with Gasteiger partial charge in [-0.15, -0.1) is 0 Å². The molecule has 2 aromatic heterocycles. The summed E-state index contributed by atoms with van der Waals surface area (Å²) in [7, 11) is 1.79. The second-order valence-electron chi connectivity index (χ2n) is 5.13. The summed E-state index contributed by atoms with van der Waals surface area (Å²) in [6.45, 7) is 1.95. The van der Waals surface area contributed by atoms with Crippen LogP contribution in [0.4, 0.5) is 0 Å². The zero-order chi connectivity index (χ0) is 15.5. The number of nitrogens with zero attached hydrogens (tertiary/aromatic N) is 4. The fourth-order valence-corrected chi connectivity index (χ4v) is 2.42. The first kappa shape index (κ1) is 14.1. The van der Waals surface area contributed by atoms with Crippen LogP contribution in [0.5, 0.6) is 0 Å². The minimum atomic E-state index is -0.132. The van der Waals surface area contributed by atoms with Gasteiger partial charge < -0.3 is 4.90 Å². The first-order chi connectivity index (χ1) is 10.7. The standard InChI is InChI=1S/C17H16N4O/c1-12(16-7-9-19-11-20-16)21(2)17(22)15-5-3-4-13-10-18-8-6-14(13)15/h3-12H,1-2H3. The summed E-state index contributed by atoms with van der Waals surface area (Å²) in [5.41, 5.74) is 1.48. The maximum atomic E-state index is 12.8. The number of pyridine rings is 1. The molecule has 0 fully saturated rings. The Bertz CT molecular complexity index is 799. The van der Waals surface area contributed by atoms with Crippen LogP contribution in [0.3, 0.4) is 0 Å². The molecule has 1 amide bonds. The van der Waals surface area contributed by atoms with Crippen molar-refractivity contribution in [3.63, 3.8) is 0 Å². The lowest BCUT2D eigenvalue weighted by Crippen LogP contribution is -2.30. The Balaban J connectivity index is 1.96. The highest BCUT2D eigenvalue weighted by Gasteiger charge is 2.21. The van der Waals surface area contributed by atoms with Gasteiger partial charge in [0.05, 0.1) is 11.7 Å². The number of carbonyl (C=O) groups is 1. The maximum Gasteiger partial charge on any atom is 0.254 e. The van der Waals surface area contributed by atoms with Gasteiger partial charge in [0.2, 0.25) is 0 Å². The van der Waals surface area contributed by atoms with E-state index < -0.39 is 0 Å². The number of fused-ring (bicyclic) bond motifs is 1. The summed E-state index contributed by atoms with van der Waals surface area (Å²) in [5, 5.41) is 1.86. The number of benzene rings is 1. The second kappa shape index (κ2) is 5.89. The van der Waals surface area contributed by atoms with Crippen LogP contribution in [0.1, 0.15) is 29.0 Å². The number of amides is 1. The van der Waals surface area contributed by atoms with Crippen molar-refractivity contribution in [2.45, 2.75) is 13.0 Å². The van der Waals surface area contributed by atoms with Crippen molar-refractivity contribution in [2.24, 2.45) is 0 Å². The van der Waals surface area contributed by atoms with E-state index in [1.54, 1.807) is 30.5 Å². The Morgan fingerprint density at radius 1 is 1.14 bits per heavy atom. The topological polar surface area (TPSA) is 59.0 Å². The Morgan fingerprint density at radius 3 is 2.73 bits per heavy atom. The van der Waals surface area contributed by atoms with Crippen LogP contribution < -0.4 is 0 Å². The average molecular weight is 292 g/mol. The Labute approximate surface area is 128 Å². The van der Waals surface area contributed by atoms with Crippen LogP contribution in [0.25, 0.3) is 10.8 Å². The predicted octanol–water partition coefficient (Wildman–Crippen LogP) is 2.86. The smallest absolute Gasteiger partial charge is 0.254 e. The molecule has 0 aliphatic rings. The molecule has 5 heteroatoms. The highest BCUT2D eigenvalue weighted by atomic mass is 16.2. The quantitative estimate of drug-likeness (QED) is 0.745. The summed E-state index contributed by atoms with van der Waals surface area (Å²) in [6, 6.07) is 9.22. The zero-order valence-electron chi connectivity index (χ0n) is 12.5. The molecule has 1 unspecified atom stereocenters. The van der Waals surface area contributed by atoms with Crippen LogP contribution in [0, 0.1) is 0 Å². The molecule has 0 saturated carbocycles. The minimum Gasteiger partial charge on any atom is -0.333 e. The average Bonchev–Trinajstić information content (AvgIpc) is 2.60. The molecule has 0 bridgehead atoms. The van der Waals surface area contributed by atoms with Crippen LogP contribution in [-0.4, -0.2) is 32.8 Å². The molecule has 0 saturated heterocycles.